The maximum absolute atomic E-state index is 11.8. The van der Waals surface area contributed by atoms with Gasteiger partial charge in [-0.15, -0.1) is 0 Å². The van der Waals surface area contributed by atoms with Crippen molar-refractivity contribution in [3.05, 3.63) is 23.8 Å². The lowest BCUT2D eigenvalue weighted by Gasteiger charge is -2.16. The summed E-state index contributed by atoms with van der Waals surface area (Å²) >= 11 is 0. The van der Waals surface area contributed by atoms with Crippen LogP contribution >= 0.6 is 0 Å². The van der Waals surface area contributed by atoms with Crippen LogP contribution in [0.3, 0.4) is 0 Å². The van der Waals surface area contributed by atoms with Crippen LogP contribution in [0.15, 0.2) is 18.2 Å². The molecule has 0 radical (unpaired) electrons. The van der Waals surface area contributed by atoms with Gasteiger partial charge in [-0.25, -0.2) is 0 Å². The molecule has 1 aromatic carbocycles. The van der Waals surface area contributed by atoms with Gasteiger partial charge in [0, 0.05) is 5.69 Å². The monoisotopic (exact) mass is 250 g/mol. The molecule has 1 atom stereocenters. The van der Waals surface area contributed by atoms with Crippen molar-refractivity contribution in [2.24, 2.45) is 11.7 Å². The summed E-state index contributed by atoms with van der Waals surface area (Å²) < 4.78 is 5.39. The summed E-state index contributed by atoms with van der Waals surface area (Å²) in [5, 5.41) is 2.84. The zero-order valence-electron chi connectivity index (χ0n) is 11.5. The SMILES string of the molecule is CCOc1ccc(NC(=O)C(N)C(C)C)c(C)c1. The van der Waals surface area contributed by atoms with Crippen LogP contribution in [-0.4, -0.2) is 18.6 Å². The Kier molecular flexibility index (Phi) is 5.16. The molecule has 4 nitrogen and oxygen atoms in total. The largest absolute Gasteiger partial charge is 0.494 e. The van der Waals surface area contributed by atoms with Crippen molar-refractivity contribution in [3.63, 3.8) is 0 Å². The summed E-state index contributed by atoms with van der Waals surface area (Å²) in [6.07, 6.45) is 0. The maximum Gasteiger partial charge on any atom is 0.241 e. The molecule has 18 heavy (non-hydrogen) atoms. The fourth-order valence-electron chi connectivity index (χ4n) is 1.55. The van der Waals surface area contributed by atoms with Crippen LogP contribution in [0.5, 0.6) is 5.75 Å². The Labute approximate surface area is 109 Å². The Morgan fingerprint density at radius 2 is 2.11 bits per heavy atom. The number of anilines is 1. The molecule has 0 aliphatic carbocycles. The lowest BCUT2D eigenvalue weighted by Crippen LogP contribution is -2.39. The third kappa shape index (κ3) is 3.74. The Morgan fingerprint density at radius 1 is 1.44 bits per heavy atom. The second-order valence-electron chi connectivity index (χ2n) is 4.67. The lowest BCUT2D eigenvalue weighted by molar-refractivity contribution is -0.118. The summed E-state index contributed by atoms with van der Waals surface area (Å²) in [5.41, 5.74) is 7.54. The molecular weight excluding hydrogens is 228 g/mol. The molecule has 4 heteroatoms. The second-order valence-corrected chi connectivity index (χ2v) is 4.67. The van der Waals surface area contributed by atoms with E-state index in [-0.39, 0.29) is 11.8 Å². The molecule has 0 saturated heterocycles. The summed E-state index contributed by atoms with van der Waals surface area (Å²) in [6.45, 7) is 8.35. The number of carbonyl (C=O) groups is 1. The fraction of sp³-hybridized carbons (Fsp3) is 0.500. The topological polar surface area (TPSA) is 64.3 Å². The van der Waals surface area contributed by atoms with Crippen molar-refractivity contribution >= 4 is 11.6 Å². The van der Waals surface area contributed by atoms with Crippen molar-refractivity contribution in [2.75, 3.05) is 11.9 Å². The van der Waals surface area contributed by atoms with E-state index in [1.807, 2.05) is 45.9 Å². The number of nitrogens with one attached hydrogen (secondary N) is 1. The smallest absolute Gasteiger partial charge is 0.241 e. The third-order valence-corrected chi connectivity index (χ3v) is 2.79. The van der Waals surface area contributed by atoms with E-state index in [0.717, 1.165) is 17.0 Å². The molecule has 0 heterocycles. The molecule has 0 saturated carbocycles. The molecule has 1 aromatic rings. The van der Waals surface area contributed by atoms with E-state index < -0.39 is 6.04 Å². The predicted octanol–water partition coefficient (Wildman–Crippen LogP) is 2.32. The number of hydrogen-bond donors (Lipinski definition) is 2. The van der Waals surface area contributed by atoms with Crippen molar-refractivity contribution in [3.8, 4) is 5.75 Å². The van der Waals surface area contributed by atoms with Gasteiger partial charge in [0.15, 0.2) is 0 Å². The molecule has 1 rings (SSSR count). The quantitative estimate of drug-likeness (QED) is 0.843. The molecule has 0 aromatic heterocycles. The minimum absolute atomic E-state index is 0.119. The summed E-state index contributed by atoms with van der Waals surface area (Å²) in [5.74, 6) is 0.770. The Hall–Kier alpha value is -1.55. The first-order valence-electron chi connectivity index (χ1n) is 6.25. The molecule has 0 bridgehead atoms. The molecule has 3 N–H and O–H groups in total. The summed E-state index contributed by atoms with van der Waals surface area (Å²) in [6, 6.07) is 5.09. The van der Waals surface area contributed by atoms with Crippen LogP contribution in [0.1, 0.15) is 26.3 Å². The van der Waals surface area contributed by atoms with E-state index in [2.05, 4.69) is 5.32 Å². The van der Waals surface area contributed by atoms with Gasteiger partial charge in [0.1, 0.15) is 5.75 Å². The highest BCUT2D eigenvalue weighted by Crippen LogP contribution is 2.21. The summed E-state index contributed by atoms with van der Waals surface area (Å²) in [4.78, 5) is 11.8. The van der Waals surface area contributed by atoms with Crippen LogP contribution in [0.4, 0.5) is 5.69 Å². The number of hydrogen-bond acceptors (Lipinski definition) is 3. The van der Waals surface area contributed by atoms with Crippen LogP contribution in [-0.2, 0) is 4.79 Å². The van der Waals surface area contributed by atoms with Crippen molar-refractivity contribution in [2.45, 2.75) is 33.7 Å². The molecule has 0 spiro atoms. The van der Waals surface area contributed by atoms with Crippen molar-refractivity contribution in [1.82, 2.24) is 0 Å². The number of aryl methyl sites for hydroxylation is 1. The number of rotatable bonds is 5. The van der Waals surface area contributed by atoms with Gasteiger partial charge in [-0.3, -0.25) is 4.79 Å². The molecular formula is C14H22N2O2. The standard InChI is InChI=1S/C14H22N2O2/c1-5-18-11-6-7-12(10(4)8-11)16-14(17)13(15)9(2)3/h6-9,13H,5,15H2,1-4H3,(H,16,17). The molecule has 100 valence electrons. The Morgan fingerprint density at radius 3 is 2.61 bits per heavy atom. The van der Waals surface area contributed by atoms with Crippen LogP contribution in [0.2, 0.25) is 0 Å². The van der Waals surface area contributed by atoms with E-state index in [0.29, 0.717) is 6.61 Å². The van der Waals surface area contributed by atoms with Gasteiger partial charge in [0.25, 0.3) is 0 Å². The molecule has 0 aliphatic rings. The normalized spacial score (nSPS) is 12.3. The van der Waals surface area contributed by atoms with Gasteiger partial charge >= 0.3 is 0 Å². The van der Waals surface area contributed by atoms with Crippen LogP contribution in [0, 0.1) is 12.8 Å². The Bertz CT molecular complexity index is 416. The zero-order valence-corrected chi connectivity index (χ0v) is 11.5. The molecule has 1 amide bonds. The number of ether oxygens (including phenoxy) is 1. The van der Waals surface area contributed by atoms with E-state index in [1.165, 1.54) is 0 Å². The first kappa shape index (κ1) is 14.5. The molecule has 1 unspecified atom stereocenters. The van der Waals surface area contributed by atoms with E-state index in [9.17, 15) is 4.79 Å². The van der Waals surface area contributed by atoms with Gasteiger partial charge in [-0.1, -0.05) is 13.8 Å². The number of carbonyl (C=O) groups excluding carboxylic acids is 1. The first-order valence-corrected chi connectivity index (χ1v) is 6.25. The van der Waals surface area contributed by atoms with E-state index >= 15 is 0 Å². The first-order chi connectivity index (χ1) is 8.45. The number of benzene rings is 1. The van der Waals surface area contributed by atoms with Crippen molar-refractivity contribution in [1.29, 1.82) is 0 Å². The number of amides is 1. The third-order valence-electron chi connectivity index (χ3n) is 2.79. The molecule has 0 fully saturated rings. The predicted molar refractivity (Wildman–Crippen MR) is 73.8 cm³/mol. The van der Waals surface area contributed by atoms with Crippen molar-refractivity contribution < 1.29 is 9.53 Å². The van der Waals surface area contributed by atoms with Gasteiger partial charge < -0.3 is 15.8 Å². The van der Waals surface area contributed by atoms with Gasteiger partial charge in [0.2, 0.25) is 5.91 Å². The second kappa shape index (κ2) is 6.40. The van der Waals surface area contributed by atoms with Gasteiger partial charge in [-0.2, -0.15) is 0 Å². The summed E-state index contributed by atoms with van der Waals surface area (Å²) in [7, 11) is 0. The van der Waals surface area contributed by atoms with Crippen LogP contribution in [0.25, 0.3) is 0 Å². The minimum Gasteiger partial charge on any atom is -0.494 e. The lowest BCUT2D eigenvalue weighted by atomic mass is 10.0. The maximum atomic E-state index is 11.8. The average Bonchev–Trinajstić information content (AvgIpc) is 2.31. The van der Waals surface area contributed by atoms with Gasteiger partial charge in [-0.05, 0) is 43.5 Å². The van der Waals surface area contributed by atoms with E-state index in [1.54, 1.807) is 0 Å². The highest BCUT2D eigenvalue weighted by molar-refractivity contribution is 5.95. The van der Waals surface area contributed by atoms with E-state index in [4.69, 9.17) is 10.5 Å². The Balaban J connectivity index is 2.76. The van der Waals surface area contributed by atoms with Gasteiger partial charge in [0.05, 0.1) is 12.6 Å². The zero-order chi connectivity index (χ0) is 13.7. The highest BCUT2D eigenvalue weighted by Gasteiger charge is 2.17. The average molecular weight is 250 g/mol. The highest BCUT2D eigenvalue weighted by atomic mass is 16.5. The molecule has 0 aliphatic heterocycles. The minimum atomic E-state index is -0.490. The van der Waals surface area contributed by atoms with Crippen LogP contribution < -0.4 is 15.8 Å². The fourth-order valence-corrected chi connectivity index (χ4v) is 1.55. The number of nitrogens with two attached hydrogens (primary N) is 1.